The lowest BCUT2D eigenvalue weighted by Gasteiger charge is -2.33. The standard InChI is InChI=1S/C19H22BrN3S/c20-16-7-4-8-18(13-16)22-19(24)21-17-9-11-23(12-10-17)14-15-5-2-1-3-6-15/h1-8,13,17H,9-12,14H2,(H2,21,22,24). The van der Waals surface area contributed by atoms with Gasteiger partial charge in [-0.15, -0.1) is 0 Å². The number of benzene rings is 2. The smallest absolute Gasteiger partial charge is 0.170 e. The van der Waals surface area contributed by atoms with Crippen molar-refractivity contribution in [2.75, 3.05) is 18.4 Å². The Labute approximate surface area is 157 Å². The van der Waals surface area contributed by atoms with Gasteiger partial charge in [0.25, 0.3) is 0 Å². The fraction of sp³-hybridized carbons (Fsp3) is 0.316. The van der Waals surface area contributed by atoms with Gasteiger partial charge in [0.1, 0.15) is 0 Å². The third-order valence-corrected chi connectivity index (χ3v) is 4.97. The highest BCUT2D eigenvalue weighted by molar-refractivity contribution is 9.10. The van der Waals surface area contributed by atoms with E-state index < -0.39 is 0 Å². The number of likely N-dealkylation sites (tertiary alicyclic amines) is 1. The summed E-state index contributed by atoms with van der Waals surface area (Å²) in [7, 11) is 0. The summed E-state index contributed by atoms with van der Waals surface area (Å²) in [4.78, 5) is 2.51. The summed E-state index contributed by atoms with van der Waals surface area (Å²) in [5.41, 5.74) is 2.39. The highest BCUT2D eigenvalue weighted by Gasteiger charge is 2.19. The van der Waals surface area contributed by atoms with Gasteiger partial charge >= 0.3 is 0 Å². The first-order chi connectivity index (χ1) is 11.7. The first-order valence-electron chi connectivity index (χ1n) is 8.28. The number of anilines is 1. The van der Waals surface area contributed by atoms with Crippen LogP contribution in [0.5, 0.6) is 0 Å². The van der Waals surface area contributed by atoms with Crippen LogP contribution < -0.4 is 10.6 Å². The van der Waals surface area contributed by atoms with E-state index in [0.29, 0.717) is 11.2 Å². The molecule has 0 atom stereocenters. The van der Waals surface area contributed by atoms with Crippen molar-refractivity contribution in [2.24, 2.45) is 0 Å². The number of hydrogen-bond donors (Lipinski definition) is 2. The predicted molar refractivity (Wildman–Crippen MR) is 108 cm³/mol. The molecule has 2 N–H and O–H groups in total. The normalized spacial score (nSPS) is 15.9. The molecule has 24 heavy (non-hydrogen) atoms. The minimum absolute atomic E-state index is 0.448. The average molecular weight is 404 g/mol. The summed E-state index contributed by atoms with van der Waals surface area (Å²) in [6, 6.07) is 19.2. The van der Waals surface area contributed by atoms with E-state index >= 15 is 0 Å². The van der Waals surface area contributed by atoms with Gasteiger partial charge in [-0.05, 0) is 48.8 Å². The van der Waals surface area contributed by atoms with E-state index in [2.05, 4.69) is 61.8 Å². The van der Waals surface area contributed by atoms with Crippen LogP contribution in [0.3, 0.4) is 0 Å². The molecule has 0 radical (unpaired) electrons. The summed E-state index contributed by atoms with van der Waals surface area (Å²) in [5.74, 6) is 0. The molecule has 0 aliphatic carbocycles. The number of hydrogen-bond acceptors (Lipinski definition) is 2. The highest BCUT2D eigenvalue weighted by atomic mass is 79.9. The molecule has 3 rings (SSSR count). The third kappa shape index (κ3) is 5.30. The number of thiocarbonyl (C=S) groups is 1. The molecular formula is C19H22BrN3S. The van der Waals surface area contributed by atoms with Crippen molar-refractivity contribution >= 4 is 38.9 Å². The summed E-state index contributed by atoms with van der Waals surface area (Å²) >= 11 is 8.92. The fourth-order valence-corrected chi connectivity index (χ4v) is 3.68. The minimum atomic E-state index is 0.448. The van der Waals surface area contributed by atoms with Gasteiger partial charge in [0.05, 0.1) is 0 Å². The summed E-state index contributed by atoms with van der Waals surface area (Å²) in [6.45, 7) is 3.24. The van der Waals surface area contributed by atoms with E-state index in [1.165, 1.54) is 5.56 Å². The maximum atomic E-state index is 5.44. The molecular weight excluding hydrogens is 382 g/mol. The number of rotatable bonds is 4. The molecule has 126 valence electrons. The number of piperidine rings is 1. The SMILES string of the molecule is S=C(Nc1cccc(Br)c1)NC1CCN(Cc2ccccc2)CC1. The van der Waals surface area contributed by atoms with Crippen LogP contribution in [0.2, 0.25) is 0 Å². The maximum Gasteiger partial charge on any atom is 0.170 e. The van der Waals surface area contributed by atoms with Crippen LogP contribution in [0.15, 0.2) is 59.1 Å². The largest absolute Gasteiger partial charge is 0.360 e. The highest BCUT2D eigenvalue weighted by Crippen LogP contribution is 2.17. The molecule has 2 aromatic rings. The quantitative estimate of drug-likeness (QED) is 0.739. The molecule has 0 spiro atoms. The topological polar surface area (TPSA) is 27.3 Å². The molecule has 3 nitrogen and oxygen atoms in total. The molecule has 0 saturated carbocycles. The molecule has 2 aromatic carbocycles. The molecule has 5 heteroatoms. The van der Waals surface area contributed by atoms with Crippen LogP contribution in [0, 0.1) is 0 Å². The van der Waals surface area contributed by atoms with E-state index in [1.807, 2.05) is 24.3 Å². The Hall–Kier alpha value is -1.43. The Balaban J connectivity index is 1.42. The van der Waals surface area contributed by atoms with Crippen LogP contribution in [-0.2, 0) is 6.54 Å². The molecule has 0 bridgehead atoms. The monoisotopic (exact) mass is 403 g/mol. The first kappa shape index (κ1) is 17.4. The lowest BCUT2D eigenvalue weighted by Crippen LogP contribution is -2.45. The van der Waals surface area contributed by atoms with Crippen molar-refractivity contribution < 1.29 is 0 Å². The van der Waals surface area contributed by atoms with Crippen LogP contribution in [0.1, 0.15) is 18.4 Å². The Bertz CT molecular complexity index is 669. The van der Waals surface area contributed by atoms with Gasteiger partial charge in [0.2, 0.25) is 0 Å². The summed E-state index contributed by atoms with van der Waals surface area (Å²) < 4.78 is 1.05. The van der Waals surface area contributed by atoms with Gasteiger partial charge in [0, 0.05) is 35.8 Å². The van der Waals surface area contributed by atoms with Crippen LogP contribution in [0.4, 0.5) is 5.69 Å². The Morgan fingerprint density at radius 2 is 1.83 bits per heavy atom. The van der Waals surface area contributed by atoms with Crippen molar-refractivity contribution in [3.8, 4) is 0 Å². The number of nitrogens with one attached hydrogen (secondary N) is 2. The Kier molecular flexibility index (Phi) is 6.24. The van der Waals surface area contributed by atoms with E-state index in [4.69, 9.17) is 12.2 Å². The lowest BCUT2D eigenvalue weighted by atomic mass is 10.0. The van der Waals surface area contributed by atoms with E-state index in [-0.39, 0.29) is 0 Å². The molecule has 0 amide bonds. The lowest BCUT2D eigenvalue weighted by molar-refractivity contribution is 0.199. The maximum absolute atomic E-state index is 5.44. The van der Waals surface area contributed by atoms with Crippen LogP contribution in [0.25, 0.3) is 0 Å². The second kappa shape index (κ2) is 8.60. The van der Waals surface area contributed by atoms with Crippen LogP contribution in [-0.4, -0.2) is 29.1 Å². The first-order valence-corrected chi connectivity index (χ1v) is 9.48. The van der Waals surface area contributed by atoms with Crippen LogP contribution >= 0.6 is 28.1 Å². The average Bonchev–Trinajstić information content (AvgIpc) is 2.57. The van der Waals surface area contributed by atoms with Gasteiger partial charge < -0.3 is 10.6 Å². The van der Waals surface area contributed by atoms with Crippen molar-refractivity contribution in [1.82, 2.24) is 10.2 Å². The molecule has 1 fully saturated rings. The minimum Gasteiger partial charge on any atom is -0.360 e. The van der Waals surface area contributed by atoms with Crippen molar-refractivity contribution in [2.45, 2.75) is 25.4 Å². The second-order valence-corrected chi connectivity index (χ2v) is 7.47. The van der Waals surface area contributed by atoms with Gasteiger partial charge in [-0.2, -0.15) is 0 Å². The predicted octanol–water partition coefficient (Wildman–Crippen LogP) is 4.40. The van der Waals surface area contributed by atoms with Gasteiger partial charge in [-0.1, -0.05) is 52.3 Å². The Morgan fingerprint density at radius 3 is 2.54 bits per heavy atom. The zero-order valence-corrected chi connectivity index (χ0v) is 15.9. The van der Waals surface area contributed by atoms with Gasteiger partial charge in [-0.25, -0.2) is 0 Å². The second-order valence-electron chi connectivity index (χ2n) is 6.14. The zero-order valence-electron chi connectivity index (χ0n) is 13.5. The number of nitrogens with zero attached hydrogens (tertiary/aromatic N) is 1. The van der Waals surface area contributed by atoms with Crippen molar-refractivity contribution in [3.63, 3.8) is 0 Å². The van der Waals surface area contributed by atoms with Crippen molar-refractivity contribution in [1.29, 1.82) is 0 Å². The van der Waals surface area contributed by atoms with Crippen molar-refractivity contribution in [3.05, 3.63) is 64.6 Å². The van der Waals surface area contributed by atoms with Gasteiger partial charge in [0.15, 0.2) is 5.11 Å². The molecule has 1 aliphatic rings. The number of halogens is 1. The third-order valence-electron chi connectivity index (χ3n) is 4.25. The Morgan fingerprint density at radius 1 is 1.08 bits per heavy atom. The van der Waals surface area contributed by atoms with E-state index in [0.717, 1.165) is 42.6 Å². The molecule has 1 saturated heterocycles. The molecule has 0 aromatic heterocycles. The summed E-state index contributed by atoms with van der Waals surface area (Å²) in [5, 5.41) is 7.41. The molecule has 1 aliphatic heterocycles. The molecule has 1 heterocycles. The fourth-order valence-electron chi connectivity index (χ4n) is 3.00. The van der Waals surface area contributed by atoms with E-state index in [1.54, 1.807) is 0 Å². The summed E-state index contributed by atoms with van der Waals surface area (Å²) in [6.07, 6.45) is 2.24. The zero-order chi connectivity index (χ0) is 16.8. The van der Waals surface area contributed by atoms with Gasteiger partial charge in [-0.3, -0.25) is 4.90 Å². The molecule has 0 unspecified atom stereocenters. The van der Waals surface area contributed by atoms with E-state index in [9.17, 15) is 0 Å².